The van der Waals surface area contributed by atoms with Gasteiger partial charge in [-0.15, -0.1) is 11.8 Å². The van der Waals surface area contributed by atoms with Gasteiger partial charge < -0.3 is 10.2 Å². The molecule has 0 saturated heterocycles. The highest BCUT2D eigenvalue weighted by Gasteiger charge is 2.17. The average Bonchev–Trinajstić information content (AvgIpc) is 2.30. The largest absolute Gasteiger partial charge is 0.394 e. The molecule has 8 heteroatoms. The lowest BCUT2D eigenvalue weighted by molar-refractivity contribution is -0.385. The lowest BCUT2D eigenvalue weighted by atomic mass is 10.3. The average molecular weight is 323 g/mol. The summed E-state index contributed by atoms with van der Waals surface area (Å²) in [4.78, 5) is 14.1. The summed E-state index contributed by atoms with van der Waals surface area (Å²) in [6.45, 7) is 1.30. The Balaban J connectivity index is 2.89. The van der Waals surface area contributed by atoms with Crippen LogP contribution in [-0.2, 0) is 0 Å². The lowest BCUT2D eigenvalue weighted by Gasteiger charge is -2.08. The predicted octanol–water partition coefficient (Wildman–Crippen LogP) is 1.51. The molecule has 0 amide bonds. The highest BCUT2D eigenvalue weighted by atomic mass is 79.9. The molecule has 0 spiro atoms. The molecule has 0 radical (unpaired) electrons. The Hall–Kier alpha value is -0.700. The molecule has 0 aliphatic carbocycles. The minimum absolute atomic E-state index is 0.0519. The highest BCUT2D eigenvalue weighted by Crippen LogP contribution is 2.33. The van der Waals surface area contributed by atoms with Gasteiger partial charge in [0.25, 0.3) is 5.69 Å². The molecule has 94 valence electrons. The molecular formula is C9H11BrN2O4S. The normalized spacial score (nSPS) is 12.5. The number of thioether (sulfide) groups is 1. The van der Waals surface area contributed by atoms with Crippen molar-refractivity contribution in [3.05, 3.63) is 26.3 Å². The molecule has 2 N–H and O–H groups in total. The van der Waals surface area contributed by atoms with Crippen molar-refractivity contribution in [2.75, 3.05) is 12.4 Å². The molecule has 1 aromatic rings. The third kappa shape index (κ3) is 3.63. The number of rotatable bonds is 5. The van der Waals surface area contributed by atoms with Crippen LogP contribution in [-0.4, -0.2) is 38.6 Å². The molecule has 0 aromatic carbocycles. The maximum Gasteiger partial charge on any atom is 0.291 e. The first-order valence-electron chi connectivity index (χ1n) is 4.68. The fraction of sp³-hybridized carbons (Fsp3) is 0.444. The van der Waals surface area contributed by atoms with E-state index >= 15 is 0 Å². The Labute approximate surface area is 110 Å². The molecule has 0 aliphatic rings. The topological polar surface area (TPSA) is 96.5 Å². The van der Waals surface area contributed by atoms with Crippen molar-refractivity contribution in [3.8, 4) is 0 Å². The molecule has 1 unspecified atom stereocenters. The molecule has 1 rings (SSSR count). The molecule has 0 bridgehead atoms. The van der Waals surface area contributed by atoms with Crippen LogP contribution in [0.5, 0.6) is 0 Å². The van der Waals surface area contributed by atoms with Gasteiger partial charge in [0.1, 0.15) is 11.2 Å². The minimum atomic E-state index is -0.829. The van der Waals surface area contributed by atoms with Crippen LogP contribution >= 0.6 is 27.7 Å². The maximum absolute atomic E-state index is 10.7. The Morgan fingerprint density at radius 3 is 2.88 bits per heavy atom. The first kappa shape index (κ1) is 14.4. The lowest BCUT2D eigenvalue weighted by Crippen LogP contribution is -2.14. The van der Waals surface area contributed by atoms with Gasteiger partial charge in [0, 0.05) is 11.3 Å². The summed E-state index contributed by atoms with van der Waals surface area (Å²) in [6, 6.07) is 0. The zero-order valence-electron chi connectivity index (χ0n) is 8.96. The summed E-state index contributed by atoms with van der Waals surface area (Å²) >= 11 is 4.46. The van der Waals surface area contributed by atoms with E-state index in [9.17, 15) is 15.2 Å². The minimum Gasteiger partial charge on any atom is -0.394 e. The van der Waals surface area contributed by atoms with Crippen molar-refractivity contribution in [1.29, 1.82) is 0 Å². The van der Waals surface area contributed by atoms with Crippen LogP contribution in [0.3, 0.4) is 0 Å². The molecule has 1 aromatic heterocycles. The second kappa shape index (κ2) is 6.29. The van der Waals surface area contributed by atoms with Crippen LogP contribution in [0.4, 0.5) is 5.69 Å². The Morgan fingerprint density at radius 2 is 2.35 bits per heavy atom. The van der Waals surface area contributed by atoms with Crippen molar-refractivity contribution in [1.82, 2.24) is 4.98 Å². The Morgan fingerprint density at radius 1 is 1.71 bits per heavy atom. The van der Waals surface area contributed by atoms with E-state index in [0.29, 0.717) is 15.1 Å². The number of aliphatic hydroxyl groups is 2. The quantitative estimate of drug-likeness (QED) is 0.484. The summed E-state index contributed by atoms with van der Waals surface area (Å²) in [5.41, 5.74) is 0.440. The molecule has 1 atom stereocenters. The number of pyridine rings is 1. The number of nitro groups is 1. The van der Waals surface area contributed by atoms with Crippen molar-refractivity contribution in [3.63, 3.8) is 0 Å². The standard InChI is InChI=1S/C9H11BrN2O4S/c1-5-7(12(15)16)2-11-9(8(5)10)17-4-6(14)3-13/h2,6,13-14H,3-4H2,1H3. The predicted molar refractivity (Wildman–Crippen MR) is 67.1 cm³/mol. The van der Waals surface area contributed by atoms with Gasteiger partial charge in [-0.1, -0.05) is 0 Å². The van der Waals surface area contributed by atoms with Crippen LogP contribution in [0, 0.1) is 17.0 Å². The van der Waals surface area contributed by atoms with Crippen molar-refractivity contribution < 1.29 is 15.1 Å². The van der Waals surface area contributed by atoms with Gasteiger partial charge in [0.15, 0.2) is 0 Å². The summed E-state index contributed by atoms with van der Waals surface area (Å²) in [5.74, 6) is 0.277. The first-order valence-corrected chi connectivity index (χ1v) is 6.46. The number of hydrogen-bond acceptors (Lipinski definition) is 6. The summed E-state index contributed by atoms with van der Waals surface area (Å²) < 4.78 is 0.543. The van der Waals surface area contributed by atoms with Gasteiger partial charge in [-0.3, -0.25) is 10.1 Å². The van der Waals surface area contributed by atoms with E-state index in [1.165, 1.54) is 18.0 Å². The fourth-order valence-electron chi connectivity index (χ4n) is 1.06. The van der Waals surface area contributed by atoms with Crippen molar-refractivity contribution in [2.45, 2.75) is 18.1 Å². The van der Waals surface area contributed by atoms with Gasteiger partial charge >= 0.3 is 0 Å². The second-order valence-electron chi connectivity index (χ2n) is 3.29. The third-order valence-corrected chi connectivity index (χ3v) is 4.39. The van der Waals surface area contributed by atoms with Crippen LogP contribution in [0.25, 0.3) is 0 Å². The molecule has 17 heavy (non-hydrogen) atoms. The number of hydrogen-bond donors (Lipinski definition) is 2. The van der Waals surface area contributed by atoms with Crippen LogP contribution in [0.15, 0.2) is 15.7 Å². The van der Waals surface area contributed by atoms with E-state index in [4.69, 9.17) is 5.11 Å². The Bertz CT molecular complexity index is 430. The SMILES string of the molecule is Cc1c([N+](=O)[O-])cnc(SCC(O)CO)c1Br. The van der Waals surface area contributed by atoms with E-state index in [0.717, 1.165) is 0 Å². The zero-order valence-corrected chi connectivity index (χ0v) is 11.4. The maximum atomic E-state index is 10.7. The molecular weight excluding hydrogens is 312 g/mol. The molecule has 6 nitrogen and oxygen atoms in total. The third-order valence-electron chi connectivity index (χ3n) is 2.03. The molecule has 0 saturated carbocycles. The van der Waals surface area contributed by atoms with Gasteiger partial charge in [0.2, 0.25) is 0 Å². The fourth-order valence-corrected chi connectivity index (χ4v) is 2.57. The van der Waals surface area contributed by atoms with Crippen molar-refractivity contribution in [2.24, 2.45) is 0 Å². The molecule has 1 heterocycles. The summed E-state index contributed by atoms with van der Waals surface area (Å²) in [6.07, 6.45) is 0.359. The van der Waals surface area contributed by atoms with Crippen LogP contribution < -0.4 is 0 Å². The monoisotopic (exact) mass is 322 g/mol. The Kier molecular flexibility index (Phi) is 5.31. The number of halogens is 1. The van der Waals surface area contributed by atoms with E-state index in [2.05, 4.69) is 20.9 Å². The summed E-state index contributed by atoms with van der Waals surface area (Å²) in [7, 11) is 0. The summed E-state index contributed by atoms with van der Waals surface area (Å²) in [5, 5.41) is 29.1. The van der Waals surface area contributed by atoms with E-state index in [1.807, 2.05) is 0 Å². The number of nitrogens with zero attached hydrogens (tertiary/aromatic N) is 2. The molecule has 0 fully saturated rings. The van der Waals surface area contributed by atoms with Gasteiger partial charge in [-0.2, -0.15) is 0 Å². The van der Waals surface area contributed by atoms with Crippen LogP contribution in [0.2, 0.25) is 0 Å². The van der Waals surface area contributed by atoms with Gasteiger partial charge in [0.05, 0.1) is 22.1 Å². The highest BCUT2D eigenvalue weighted by molar-refractivity contribution is 9.10. The first-order chi connectivity index (χ1) is 7.97. The smallest absolute Gasteiger partial charge is 0.291 e. The second-order valence-corrected chi connectivity index (χ2v) is 5.09. The van der Waals surface area contributed by atoms with E-state index < -0.39 is 11.0 Å². The zero-order chi connectivity index (χ0) is 13.0. The van der Waals surface area contributed by atoms with E-state index in [-0.39, 0.29) is 18.0 Å². The molecule has 0 aliphatic heterocycles. The number of aliphatic hydroxyl groups excluding tert-OH is 2. The van der Waals surface area contributed by atoms with Gasteiger partial charge in [-0.05, 0) is 22.9 Å². The van der Waals surface area contributed by atoms with Crippen molar-refractivity contribution >= 4 is 33.4 Å². The van der Waals surface area contributed by atoms with Crippen LogP contribution in [0.1, 0.15) is 5.56 Å². The number of aromatic nitrogens is 1. The van der Waals surface area contributed by atoms with E-state index in [1.54, 1.807) is 6.92 Å². The van der Waals surface area contributed by atoms with Gasteiger partial charge in [-0.25, -0.2) is 4.98 Å².